The molecule has 0 aromatic heterocycles. The van der Waals surface area contributed by atoms with Crippen molar-refractivity contribution in [2.45, 2.75) is 72.6 Å². The number of esters is 1. The van der Waals surface area contributed by atoms with E-state index in [2.05, 4.69) is 27.4 Å². The van der Waals surface area contributed by atoms with Gasteiger partial charge in [-0.1, -0.05) is 27.4 Å². The first-order valence-corrected chi connectivity index (χ1v) is 12.5. The highest BCUT2D eigenvalue weighted by atomic mass is 31.2. The largest absolute Gasteiger partial charge is 0.472 e. The van der Waals surface area contributed by atoms with Crippen molar-refractivity contribution in [1.82, 2.24) is 0 Å². The van der Waals surface area contributed by atoms with Gasteiger partial charge in [-0.3, -0.25) is 9.05 Å². The summed E-state index contributed by atoms with van der Waals surface area (Å²) in [7, 11) is -4.02. The van der Waals surface area contributed by atoms with Crippen LogP contribution in [0.2, 0.25) is 0 Å². The van der Waals surface area contributed by atoms with Crippen molar-refractivity contribution >= 4 is 13.8 Å². The third kappa shape index (κ3) is 14.0. The third-order valence-corrected chi connectivity index (χ3v) is 5.77. The smallest absolute Gasteiger partial charge is 0.462 e. The number of hydrogen-bond donors (Lipinski definition) is 1. The van der Waals surface area contributed by atoms with Crippen LogP contribution in [0.5, 0.6) is 0 Å². The van der Waals surface area contributed by atoms with E-state index in [0.717, 1.165) is 23.9 Å². The van der Waals surface area contributed by atoms with Crippen molar-refractivity contribution in [3.05, 3.63) is 12.2 Å². The predicted octanol–water partition coefficient (Wildman–Crippen LogP) is 4.85. The number of hydrogen-bond acceptors (Lipinski definition) is 5. The van der Waals surface area contributed by atoms with E-state index in [4.69, 9.17) is 13.8 Å². The Labute approximate surface area is 177 Å². The van der Waals surface area contributed by atoms with E-state index in [-0.39, 0.29) is 19.8 Å². The normalized spacial score (nSPS) is 13.8. The van der Waals surface area contributed by atoms with Crippen molar-refractivity contribution in [3.8, 4) is 0 Å². The first-order valence-electron chi connectivity index (χ1n) is 11.0. The van der Waals surface area contributed by atoms with Gasteiger partial charge in [0, 0.05) is 5.57 Å². The van der Waals surface area contributed by atoms with E-state index in [9.17, 15) is 14.3 Å². The molecule has 0 aliphatic carbocycles. The summed E-state index contributed by atoms with van der Waals surface area (Å²) in [4.78, 5) is 21.0. The highest BCUT2D eigenvalue weighted by Gasteiger charge is 2.24. The molecule has 0 spiro atoms. The fourth-order valence-corrected chi connectivity index (χ4v) is 4.33. The monoisotopic (exact) mass is 436 g/mol. The zero-order valence-corrected chi connectivity index (χ0v) is 19.9. The second-order valence-electron chi connectivity index (χ2n) is 7.70. The molecule has 172 valence electrons. The zero-order chi connectivity index (χ0) is 22.2. The van der Waals surface area contributed by atoms with Crippen LogP contribution in [0.4, 0.5) is 0 Å². The van der Waals surface area contributed by atoms with Gasteiger partial charge in [-0.25, -0.2) is 9.36 Å². The Morgan fingerprint density at radius 3 is 1.76 bits per heavy atom. The summed E-state index contributed by atoms with van der Waals surface area (Å²) in [5.41, 5.74) is 0.352. The summed E-state index contributed by atoms with van der Waals surface area (Å²) in [6.45, 7) is 16.9. The number of rotatable bonds is 19. The third-order valence-electron chi connectivity index (χ3n) is 4.75. The number of ether oxygens (including phenoxy) is 1. The average Bonchev–Trinajstić information content (AvgIpc) is 2.64. The molecule has 0 fully saturated rings. The highest BCUT2D eigenvalue weighted by Crippen LogP contribution is 2.43. The Kier molecular flexibility index (Phi) is 15.6. The van der Waals surface area contributed by atoms with Gasteiger partial charge in [0.05, 0.1) is 46.0 Å². The lowest BCUT2D eigenvalue weighted by atomic mass is 10.2. The molecule has 1 N–H and O–H groups in total. The number of phosphoric ester groups is 1. The molecule has 0 bridgehead atoms. The minimum Gasteiger partial charge on any atom is -0.462 e. The van der Waals surface area contributed by atoms with Gasteiger partial charge in [-0.15, -0.1) is 0 Å². The number of carbonyl (C=O) groups excluding carboxylic acids is 1. The lowest BCUT2D eigenvalue weighted by Gasteiger charge is -2.38. The molecule has 8 heteroatoms. The Morgan fingerprint density at radius 1 is 0.862 bits per heavy atom. The van der Waals surface area contributed by atoms with Crippen LogP contribution < -0.4 is 0 Å². The SMILES string of the molecule is C=C(C)C(=O)OCCCCOP(=O)(O)OCCCC[N+](CCC)(CCC)CCC. The predicted molar refractivity (Wildman–Crippen MR) is 117 cm³/mol. The number of carbonyl (C=O) groups is 1. The van der Waals surface area contributed by atoms with Crippen LogP contribution in [0.15, 0.2) is 12.2 Å². The molecule has 0 heterocycles. The maximum Gasteiger partial charge on any atom is 0.472 e. The summed E-state index contributed by atoms with van der Waals surface area (Å²) < 4.78 is 28.1. The van der Waals surface area contributed by atoms with Gasteiger partial charge >= 0.3 is 13.8 Å². The standard InChI is InChI=1S/C21H42NO6P/c1-6-13-22(14-7-2,15-8-3)16-9-10-18-27-29(24,25)28-19-12-11-17-26-21(23)20(4)5/h4,6-19H2,1-3,5H3/p+1. The first-order chi connectivity index (χ1) is 13.7. The van der Waals surface area contributed by atoms with Crippen molar-refractivity contribution < 1.29 is 32.5 Å². The molecule has 7 nitrogen and oxygen atoms in total. The van der Waals surface area contributed by atoms with Gasteiger partial charge < -0.3 is 14.1 Å². The van der Waals surface area contributed by atoms with Crippen LogP contribution in [0.25, 0.3) is 0 Å². The minimum absolute atomic E-state index is 0.0852. The summed E-state index contributed by atoms with van der Waals surface area (Å²) in [6, 6.07) is 0. The van der Waals surface area contributed by atoms with E-state index < -0.39 is 13.8 Å². The summed E-state index contributed by atoms with van der Waals surface area (Å²) >= 11 is 0. The van der Waals surface area contributed by atoms with Gasteiger partial charge in [-0.05, 0) is 51.9 Å². The Bertz CT molecular complexity index is 494. The lowest BCUT2D eigenvalue weighted by Crippen LogP contribution is -2.50. The van der Waals surface area contributed by atoms with Gasteiger partial charge in [0.1, 0.15) is 0 Å². The number of phosphoric acid groups is 1. The molecular weight excluding hydrogens is 393 g/mol. The number of unbranched alkanes of at least 4 members (excludes halogenated alkanes) is 2. The van der Waals surface area contributed by atoms with Crippen molar-refractivity contribution in [2.75, 3.05) is 46.0 Å². The minimum atomic E-state index is -4.02. The Hall–Kier alpha value is -0.720. The van der Waals surface area contributed by atoms with Gasteiger partial charge in [0.25, 0.3) is 0 Å². The molecule has 0 aliphatic rings. The molecule has 0 aliphatic heterocycles. The van der Waals surface area contributed by atoms with Crippen LogP contribution >= 0.6 is 7.82 Å². The molecule has 0 aromatic rings. The van der Waals surface area contributed by atoms with Crippen LogP contribution in [0, 0.1) is 0 Å². The highest BCUT2D eigenvalue weighted by molar-refractivity contribution is 7.47. The van der Waals surface area contributed by atoms with E-state index in [0.29, 0.717) is 18.4 Å². The van der Waals surface area contributed by atoms with Gasteiger partial charge in [-0.2, -0.15) is 0 Å². The quantitative estimate of drug-likeness (QED) is 0.103. The van der Waals surface area contributed by atoms with E-state index in [1.807, 2.05) is 0 Å². The van der Waals surface area contributed by atoms with Crippen molar-refractivity contribution in [3.63, 3.8) is 0 Å². The molecule has 29 heavy (non-hydrogen) atoms. The van der Waals surface area contributed by atoms with Crippen LogP contribution in [0.3, 0.4) is 0 Å². The van der Waals surface area contributed by atoms with E-state index in [1.165, 1.54) is 38.9 Å². The zero-order valence-electron chi connectivity index (χ0n) is 19.0. The lowest BCUT2D eigenvalue weighted by molar-refractivity contribution is -0.928. The van der Waals surface area contributed by atoms with E-state index >= 15 is 0 Å². The fraction of sp³-hybridized carbons (Fsp3) is 0.857. The molecular formula is C21H43NO6P+. The number of quaternary nitrogens is 1. The van der Waals surface area contributed by atoms with Gasteiger partial charge in [0.2, 0.25) is 0 Å². The maximum absolute atomic E-state index is 11.9. The Morgan fingerprint density at radius 2 is 1.31 bits per heavy atom. The van der Waals surface area contributed by atoms with E-state index in [1.54, 1.807) is 6.92 Å². The van der Waals surface area contributed by atoms with Gasteiger partial charge in [0.15, 0.2) is 0 Å². The summed E-state index contributed by atoms with van der Waals surface area (Å²) in [5.74, 6) is -0.429. The molecule has 0 saturated carbocycles. The first kappa shape index (κ1) is 28.3. The second kappa shape index (κ2) is 16.0. The summed E-state index contributed by atoms with van der Waals surface area (Å²) in [5, 5.41) is 0. The molecule has 0 aromatic carbocycles. The Balaban J connectivity index is 4.02. The topological polar surface area (TPSA) is 82.1 Å². The molecule has 0 radical (unpaired) electrons. The fourth-order valence-electron chi connectivity index (χ4n) is 3.53. The van der Waals surface area contributed by atoms with Crippen molar-refractivity contribution in [1.29, 1.82) is 0 Å². The van der Waals surface area contributed by atoms with Crippen LogP contribution in [-0.4, -0.2) is 61.3 Å². The molecule has 1 atom stereocenters. The second-order valence-corrected chi connectivity index (χ2v) is 9.16. The molecule has 0 saturated heterocycles. The van der Waals surface area contributed by atoms with Crippen molar-refractivity contribution in [2.24, 2.45) is 0 Å². The van der Waals surface area contributed by atoms with Crippen LogP contribution in [-0.2, 0) is 23.1 Å². The molecule has 0 rings (SSSR count). The van der Waals surface area contributed by atoms with Crippen LogP contribution in [0.1, 0.15) is 72.6 Å². The number of nitrogens with zero attached hydrogens (tertiary/aromatic N) is 1. The molecule has 0 amide bonds. The average molecular weight is 437 g/mol. The summed E-state index contributed by atoms with van der Waals surface area (Å²) in [6.07, 6.45) is 6.26. The maximum atomic E-state index is 11.9. The molecule has 1 unspecified atom stereocenters.